The van der Waals surface area contributed by atoms with Gasteiger partial charge in [-0.1, -0.05) is 0 Å². The van der Waals surface area contributed by atoms with Crippen molar-refractivity contribution < 1.29 is 9.90 Å². The minimum Gasteiger partial charge on any atom is -0.481 e. The summed E-state index contributed by atoms with van der Waals surface area (Å²) >= 11 is 0. The fraction of sp³-hybridized carbons (Fsp3) is 0.750. The molecule has 1 aliphatic rings. The van der Waals surface area contributed by atoms with Gasteiger partial charge in [0.05, 0.1) is 0 Å². The SMILES string of the molecule is C#CCCN1CCC(CCC(=O)O)CC1. The van der Waals surface area contributed by atoms with Crippen molar-refractivity contribution in [3.63, 3.8) is 0 Å². The van der Waals surface area contributed by atoms with Gasteiger partial charge in [-0.15, -0.1) is 12.3 Å². The molecule has 0 radical (unpaired) electrons. The molecule has 0 saturated carbocycles. The molecule has 1 heterocycles. The van der Waals surface area contributed by atoms with Crippen LogP contribution in [0, 0.1) is 18.3 Å². The van der Waals surface area contributed by atoms with Crippen LogP contribution in [0.4, 0.5) is 0 Å². The summed E-state index contributed by atoms with van der Waals surface area (Å²) in [7, 11) is 0. The average molecular weight is 209 g/mol. The Bertz CT molecular complexity index is 236. The van der Waals surface area contributed by atoms with E-state index in [9.17, 15) is 4.79 Å². The minimum absolute atomic E-state index is 0.315. The standard InChI is InChI=1S/C12H19NO2/c1-2-3-8-13-9-6-11(7-10-13)4-5-12(14)15/h1,11H,3-10H2,(H,14,15). The number of likely N-dealkylation sites (tertiary alicyclic amines) is 1. The summed E-state index contributed by atoms with van der Waals surface area (Å²) in [5, 5.41) is 8.58. The van der Waals surface area contributed by atoms with Crippen molar-refractivity contribution >= 4 is 5.97 Å². The van der Waals surface area contributed by atoms with E-state index < -0.39 is 5.97 Å². The third-order valence-electron chi connectivity index (χ3n) is 3.05. The van der Waals surface area contributed by atoms with Crippen molar-refractivity contribution in [1.82, 2.24) is 4.90 Å². The number of carbonyl (C=O) groups is 1. The highest BCUT2D eigenvalue weighted by atomic mass is 16.4. The molecule has 1 aliphatic heterocycles. The molecule has 0 bridgehead atoms. The second kappa shape index (κ2) is 6.47. The topological polar surface area (TPSA) is 40.5 Å². The highest BCUT2D eigenvalue weighted by Crippen LogP contribution is 2.21. The van der Waals surface area contributed by atoms with Crippen molar-refractivity contribution in [2.75, 3.05) is 19.6 Å². The molecule has 0 aromatic carbocycles. The summed E-state index contributed by atoms with van der Waals surface area (Å²) in [6, 6.07) is 0. The van der Waals surface area contributed by atoms with Crippen LogP contribution in [0.25, 0.3) is 0 Å². The van der Waals surface area contributed by atoms with Crippen LogP contribution < -0.4 is 0 Å². The molecule has 15 heavy (non-hydrogen) atoms. The maximum atomic E-state index is 10.4. The van der Waals surface area contributed by atoms with Gasteiger partial charge in [0.2, 0.25) is 0 Å². The molecule has 84 valence electrons. The Kier molecular flexibility index (Phi) is 5.20. The van der Waals surface area contributed by atoms with E-state index in [-0.39, 0.29) is 0 Å². The van der Waals surface area contributed by atoms with E-state index in [1.807, 2.05) is 0 Å². The van der Waals surface area contributed by atoms with Crippen LogP contribution >= 0.6 is 0 Å². The zero-order valence-electron chi connectivity index (χ0n) is 9.11. The first-order valence-electron chi connectivity index (χ1n) is 5.60. The number of piperidine rings is 1. The van der Waals surface area contributed by atoms with Crippen molar-refractivity contribution in [2.24, 2.45) is 5.92 Å². The predicted molar refractivity (Wildman–Crippen MR) is 59.5 cm³/mol. The number of rotatable bonds is 5. The van der Waals surface area contributed by atoms with Crippen LogP contribution in [0.2, 0.25) is 0 Å². The number of carboxylic acid groups (broad SMARTS) is 1. The average Bonchev–Trinajstić information content (AvgIpc) is 2.25. The van der Waals surface area contributed by atoms with Crippen LogP contribution in [0.3, 0.4) is 0 Å². The van der Waals surface area contributed by atoms with Gasteiger partial charge < -0.3 is 10.0 Å². The van der Waals surface area contributed by atoms with Crippen molar-refractivity contribution in [3.05, 3.63) is 0 Å². The maximum Gasteiger partial charge on any atom is 0.303 e. The van der Waals surface area contributed by atoms with Crippen molar-refractivity contribution in [1.29, 1.82) is 0 Å². The second-order valence-electron chi connectivity index (χ2n) is 4.17. The summed E-state index contributed by atoms with van der Waals surface area (Å²) in [6.07, 6.45) is 9.42. The number of nitrogens with zero attached hydrogens (tertiary/aromatic N) is 1. The lowest BCUT2D eigenvalue weighted by Gasteiger charge is -2.31. The highest BCUT2D eigenvalue weighted by Gasteiger charge is 2.18. The summed E-state index contributed by atoms with van der Waals surface area (Å²) < 4.78 is 0. The van der Waals surface area contributed by atoms with Crippen LogP contribution in [0.1, 0.15) is 32.1 Å². The van der Waals surface area contributed by atoms with Gasteiger partial charge in [0.15, 0.2) is 0 Å². The number of hydrogen-bond acceptors (Lipinski definition) is 2. The Morgan fingerprint density at radius 2 is 2.13 bits per heavy atom. The smallest absolute Gasteiger partial charge is 0.303 e. The molecule has 1 fully saturated rings. The molecule has 3 heteroatoms. The van der Waals surface area contributed by atoms with E-state index in [4.69, 9.17) is 11.5 Å². The fourth-order valence-electron chi connectivity index (χ4n) is 2.05. The van der Waals surface area contributed by atoms with E-state index in [1.54, 1.807) is 0 Å². The third-order valence-corrected chi connectivity index (χ3v) is 3.05. The number of hydrogen-bond donors (Lipinski definition) is 1. The number of terminal acetylenes is 1. The minimum atomic E-state index is -0.676. The molecule has 0 aliphatic carbocycles. The molecule has 0 aromatic heterocycles. The van der Waals surface area contributed by atoms with E-state index in [1.165, 1.54) is 0 Å². The van der Waals surface area contributed by atoms with E-state index in [2.05, 4.69) is 10.8 Å². The Morgan fingerprint density at radius 1 is 1.47 bits per heavy atom. The Morgan fingerprint density at radius 3 is 2.67 bits per heavy atom. The molecular formula is C12H19NO2. The molecule has 0 atom stereocenters. The number of carboxylic acids is 1. The van der Waals surface area contributed by atoms with Crippen molar-refractivity contribution in [3.8, 4) is 12.3 Å². The van der Waals surface area contributed by atoms with E-state index in [0.717, 1.165) is 45.3 Å². The normalized spacial score (nSPS) is 18.6. The molecular weight excluding hydrogens is 190 g/mol. The first kappa shape index (κ1) is 12.1. The van der Waals surface area contributed by atoms with Gasteiger partial charge in [0, 0.05) is 19.4 Å². The van der Waals surface area contributed by atoms with Gasteiger partial charge in [-0.2, -0.15) is 0 Å². The Hall–Kier alpha value is -1.01. The van der Waals surface area contributed by atoms with Crippen LogP contribution in [-0.4, -0.2) is 35.6 Å². The van der Waals surface area contributed by atoms with Crippen LogP contribution in [-0.2, 0) is 4.79 Å². The largest absolute Gasteiger partial charge is 0.481 e. The molecule has 1 rings (SSSR count). The lowest BCUT2D eigenvalue weighted by atomic mass is 9.92. The first-order chi connectivity index (χ1) is 7.22. The molecule has 3 nitrogen and oxygen atoms in total. The van der Waals surface area contributed by atoms with Crippen LogP contribution in [0.15, 0.2) is 0 Å². The zero-order chi connectivity index (χ0) is 11.1. The molecule has 0 spiro atoms. The number of aliphatic carboxylic acids is 1. The van der Waals surface area contributed by atoms with E-state index in [0.29, 0.717) is 12.3 Å². The third kappa shape index (κ3) is 4.85. The predicted octanol–water partition coefficient (Wildman–Crippen LogP) is 1.59. The molecule has 1 N–H and O–H groups in total. The lowest BCUT2D eigenvalue weighted by molar-refractivity contribution is -0.137. The highest BCUT2D eigenvalue weighted by molar-refractivity contribution is 5.66. The Labute approximate surface area is 91.5 Å². The van der Waals surface area contributed by atoms with Crippen molar-refractivity contribution in [2.45, 2.75) is 32.1 Å². The summed E-state index contributed by atoms with van der Waals surface area (Å²) in [5.74, 6) is 2.57. The summed E-state index contributed by atoms with van der Waals surface area (Å²) in [6.45, 7) is 3.14. The van der Waals surface area contributed by atoms with Gasteiger partial charge in [-0.05, 0) is 38.3 Å². The van der Waals surface area contributed by atoms with Gasteiger partial charge in [-0.3, -0.25) is 4.79 Å². The van der Waals surface area contributed by atoms with Gasteiger partial charge >= 0.3 is 5.97 Å². The summed E-state index contributed by atoms with van der Waals surface area (Å²) in [4.78, 5) is 12.8. The molecule has 0 unspecified atom stereocenters. The monoisotopic (exact) mass is 209 g/mol. The molecule has 1 saturated heterocycles. The van der Waals surface area contributed by atoms with Gasteiger partial charge in [0.1, 0.15) is 0 Å². The maximum absolute atomic E-state index is 10.4. The summed E-state index contributed by atoms with van der Waals surface area (Å²) in [5.41, 5.74) is 0. The second-order valence-corrected chi connectivity index (χ2v) is 4.17. The quantitative estimate of drug-likeness (QED) is 0.699. The Balaban J connectivity index is 2.13. The molecule has 0 amide bonds. The first-order valence-corrected chi connectivity index (χ1v) is 5.60. The van der Waals surface area contributed by atoms with Gasteiger partial charge in [0.25, 0.3) is 0 Å². The van der Waals surface area contributed by atoms with Gasteiger partial charge in [-0.25, -0.2) is 0 Å². The molecule has 0 aromatic rings. The van der Waals surface area contributed by atoms with E-state index >= 15 is 0 Å². The zero-order valence-corrected chi connectivity index (χ0v) is 9.11. The fourth-order valence-corrected chi connectivity index (χ4v) is 2.05. The lowest BCUT2D eigenvalue weighted by Crippen LogP contribution is -2.34. The van der Waals surface area contributed by atoms with Crippen LogP contribution in [0.5, 0.6) is 0 Å².